The molecule has 1 aromatic carbocycles. The molecule has 0 aliphatic carbocycles. The molecule has 1 aromatic rings. The van der Waals surface area contributed by atoms with E-state index >= 15 is 0 Å². The zero-order valence-electron chi connectivity index (χ0n) is 33.4. The lowest BCUT2D eigenvalue weighted by molar-refractivity contribution is -0.136. The minimum atomic E-state index is -5.13. The van der Waals surface area contributed by atoms with Gasteiger partial charge in [-0.2, -0.15) is 0 Å². The van der Waals surface area contributed by atoms with Crippen LogP contribution in [0.4, 0.5) is 0 Å². The topological polar surface area (TPSA) is 259 Å². The van der Waals surface area contributed by atoms with Gasteiger partial charge < -0.3 is 47.2 Å². The molecule has 0 radical (unpaired) electrons. The van der Waals surface area contributed by atoms with E-state index in [2.05, 4.69) is 64.0 Å². The summed E-state index contributed by atoms with van der Waals surface area (Å²) in [5.41, 5.74) is 6.53. The number of aryl methyl sites for hydroxylation is 1. The molecule has 0 saturated heterocycles. The summed E-state index contributed by atoms with van der Waals surface area (Å²) in [5.74, 6) is -3.45. The average molecular weight is 799 g/mol. The molecule has 7 atom stereocenters. The lowest BCUT2D eigenvalue weighted by Crippen LogP contribution is -2.61. The number of nitrogens with two attached hydrogens (primary N) is 1. The molecule has 0 spiro atoms. The molecule has 0 saturated carbocycles. The van der Waals surface area contributed by atoms with Gasteiger partial charge in [0.15, 0.2) is 0 Å². The Hall–Kier alpha value is -3.40. The smallest absolute Gasteiger partial charge is 0.394 e. The van der Waals surface area contributed by atoms with Crippen molar-refractivity contribution in [2.75, 3.05) is 20.2 Å². The molecule has 0 aliphatic rings. The normalized spacial score (nSPS) is 15.5. The first-order valence-corrected chi connectivity index (χ1v) is 21.0. The third-order valence-electron chi connectivity index (χ3n) is 9.43. The van der Waals surface area contributed by atoms with E-state index in [4.69, 9.17) is 5.73 Å². The molecule has 16 nitrogen and oxygen atoms in total. The summed E-state index contributed by atoms with van der Waals surface area (Å²) in [7, 11) is -3.59. The van der Waals surface area contributed by atoms with Gasteiger partial charge in [0.1, 0.15) is 18.1 Å². The largest absolute Gasteiger partial charge is 0.469 e. The molecule has 0 fully saturated rings. The zero-order valence-corrected chi connectivity index (χ0v) is 34.3. The van der Waals surface area contributed by atoms with Gasteiger partial charge in [-0.3, -0.25) is 28.5 Å². The van der Waals surface area contributed by atoms with Crippen LogP contribution in [0.2, 0.25) is 0 Å². The number of amides is 5. The maximum atomic E-state index is 13.5. The maximum Gasteiger partial charge on any atom is 0.469 e. The Morgan fingerprint density at radius 3 is 1.93 bits per heavy atom. The van der Waals surface area contributed by atoms with Crippen LogP contribution in [0.1, 0.15) is 104 Å². The molecule has 0 aromatic heterocycles. The fraction of sp³-hybridized carbons (Fsp3) is 0.711. The van der Waals surface area contributed by atoms with Gasteiger partial charge in [0.05, 0.1) is 18.8 Å². The second-order valence-electron chi connectivity index (χ2n) is 14.9. The predicted molar refractivity (Wildman–Crippen MR) is 210 cm³/mol. The van der Waals surface area contributed by atoms with Gasteiger partial charge in [0, 0.05) is 12.5 Å². The van der Waals surface area contributed by atoms with E-state index in [0.717, 1.165) is 64.7 Å². The zero-order chi connectivity index (χ0) is 41.6. The quantitative estimate of drug-likeness (QED) is 0.0419. The summed E-state index contributed by atoms with van der Waals surface area (Å²) in [4.78, 5) is 83.2. The number of unbranched alkanes of at least 4 members (excludes halogenated alkanes) is 5. The molecule has 0 aliphatic heterocycles. The summed E-state index contributed by atoms with van der Waals surface area (Å²) >= 11 is 0. The van der Waals surface area contributed by atoms with Gasteiger partial charge in [-0.25, -0.2) is 4.57 Å². The maximum absolute atomic E-state index is 13.5. The van der Waals surface area contributed by atoms with Crippen molar-refractivity contribution >= 4 is 37.4 Å². The van der Waals surface area contributed by atoms with Crippen LogP contribution < -0.4 is 32.3 Å². The van der Waals surface area contributed by atoms with Crippen LogP contribution in [0.15, 0.2) is 30.3 Å². The summed E-state index contributed by atoms with van der Waals surface area (Å²) in [6.07, 6.45) is 7.99. The van der Waals surface area contributed by atoms with E-state index in [9.17, 15) is 43.4 Å². The molecule has 10 N–H and O–H groups in total. The van der Waals surface area contributed by atoms with E-state index in [0.29, 0.717) is 24.8 Å². The van der Waals surface area contributed by atoms with Gasteiger partial charge in [0.2, 0.25) is 29.5 Å². The van der Waals surface area contributed by atoms with Crippen molar-refractivity contribution < 1.29 is 48.0 Å². The Balaban J connectivity index is 2.96. The third kappa shape index (κ3) is 21.5. The number of primary amides is 1. The lowest BCUT2D eigenvalue weighted by Gasteiger charge is -2.28. The number of benzene rings is 1. The number of hydrogen-bond donors (Lipinski definition) is 9. The summed E-state index contributed by atoms with van der Waals surface area (Å²) in [6, 6.07) is 4.84. The predicted octanol–water partition coefficient (Wildman–Crippen LogP) is 2.19. The fourth-order valence-corrected chi connectivity index (χ4v) is 6.90. The van der Waals surface area contributed by atoms with Crippen LogP contribution in [-0.4, -0.2) is 94.9 Å². The second kappa shape index (κ2) is 26.5. The first-order valence-electron chi connectivity index (χ1n) is 19.4. The lowest BCUT2D eigenvalue weighted by atomic mass is 9.91. The SMILES string of the molecule is CN[C@@H](C[C@H](CCCCCCCCc1ccccc1)C(=O)NCCC(C)CC(C)C)C(=O)N[C@@H](CO)C(=O)N[C@H](C(=O)NC(C)C(N)=O)[C@@H](C)OP(=O)(O)O. The van der Waals surface area contributed by atoms with E-state index in [1.165, 1.54) is 19.5 Å². The van der Waals surface area contributed by atoms with E-state index in [1.807, 2.05) is 18.2 Å². The van der Waals surface area contributed by atoms with Crippen LogP contribution in [-0.2, 0) is 39.5 Å². The van der Waals surface area contributed by atoms with Gasteiger partial charge in [-0.05, 0) is 76.8 Å². The highest BCUT2D eigenvalue weighted by Crippen LogP contribution is 2.38. The Morgan fingerprint density at radius 1 is 0.764 bits per heavy atom. The van der Waals surface area contributed by atoms with Gasteiger partial charge in [0.25, 0.3) is 0 Å². The number of phosphoric acid groups is 1. The van der Waals surface area contributed by atoms with Crippen LogP contribution in [0, 0.1) is 17.8 Å². The number of likely N-dealkylation sites (N-methyl/N-ethyl adjacent to an activating group) is 1. The monoisotopic (exact) mass is 798 g/mol. The molecule has 2 unspecified atom stereocenters. The second-order valence-corrected chi connectivity index (χ2v) is 16.1. The summed E-state index contributed by atoms with van der Waals surface area (Å²) < 4.78 is 16.1. The number of phosphoric ester groups is 1. The average Bonchev–Trinajstić information content (AvgIpc) is 3.10. The Labute approximate surface area is 326 Å². The third-order valence-corrected chi connectivity index (χ3v) is 10.0. The minimum Gasteiger partial charge on any atom is -0.394 e. The fourth-order valence-electron chi connectivity index (χ4n) is 6.34. The Bertz CT molecular complexity index is 1360. The molecular formula is C38H67N6O10P. The molecule has 1 rings (SSSR count). The van der Waals surface area contributed by atoms with E-state index in [-0.39, 0.29) is 12.3 Å². The summed E-state index contributed by atoms with van der Waals surface area (Å²) in [6.45, 7) is 8.43. The molecule has 17 heteroatoms. The molecule has 55 heavy (non-hydrogen) atoms. The van der Waals surface area contributed by atoms with Crippen molar-refractivity contribution in [3.05, 3.63) is 35.9 Å². The Morgan fingerprint density at radius 2 is 1.36 bits per heavy atom. The number of aliphatic hydroxyl groups excluding tert-OH is 1. The van der Waals surface area contributed by atoms with Crippen LogP contribution >= 0.6 is 7.82 Å². The van der Waals surface area contributed by atoms with Gasteiger partial charge >= 0.3 is 7.82 Å². The van der Waals surface area contributed by atoms with Gasteiger partial charge in [-0.15, -0.1) is 0 Å². The molecule has 0 bridgehead atoms. The van der Waals surface area contributed by atoms with Crippen molar-refractivity contribution in [2.45, 2.75) is 136 Å². The number of hydrogen-bond acceptors (Lipinski definition) is 9. The number of carbonyl (C=O) groups excluding carboxylic acids is 5. The van der Waals surface area contributed by atoms with Crippen molar-refractivity contribution in [3.8, 4) is 0 Å². The number of rotatable bonds is 29. The highest BCUT2D eigenvalue weighted by Gasteiger charge is 2.36. The number of carbonyl (C=O) groups is 5. The van der Waals surface area contributed by atoms with Crippen LogP contribution in [0.5, 0.6) is 0 Å². The molecule has 314 valence electrons. The van der Waals surface area contributed by atoms with Crippen molar-refractivity contribution in [1.29, 1.82) is 0 Å². The summed E-state index contributed by atoms with van der Waals surface area (Å²) in [5, 5.41) is 22.9. The van der Waals surface area contributed by atoms with E-state index < -0.39 is 74.2 Å². The molecule has 0 heterocycles. The highest BCUT2D eigenvalue weighted by molar-refractivity contribution is 7.46. The Kier molecular flexibility index (Phi) is 23.9. The van der Waals surface area contributed by atoms with Gasteiger partial charge in [-0.1, -0.05) is 83.2 Å². The van der Waals surface area contributed by atoms with Crippen molar-refractivity contribution in [1.82, 2.24) is 26.6 Å². The molecular weight excluding hydrogens is 731 g/mol. The van der Waals surface area contributed by atoms with E-state index in [1.54, 1.807) is 0 Å². The molecule has 5 amide bonds. The standard InChI is InChI=1S/C38H67N6O10P/c1-25(2)22-26(3)20-21-41-35(47)30(19-15-10-8-7-9-12-16-29-17-13-11-14-18-29)23-31(40-6)36(48)43-32(24-45)37(49)44-33(28(5)54-55(51,52)53)38(50)42-27(4)34(39)46/h11,13-14,17-18,25-28,30-33,40,45H,7-10,12,15-16,19-24H2,1-6H3,(H2,39,46)(H,41,47)(H,42,50)(H,43,48)(H,44,49)(H2,51,52,53)/t26?,27?,28-,30+,31+,32+,33+/m1/s1. The number of nitrogens with one attached hydrogen (secondary N) is 5. The first kappa shape index (κ1) is 49.6. The highest BCUT2D eigenvalue weighted by atomic mass is 31.2. The van der Waals surface area contributed by atoms with Crippen molar-refractivity contribution in [3.63, 3.8) is 0 Å². The first-order chi connectivity index (χ1) is 25.9. The van der Waals surface area contributed by atoms with Crippen molar-refractivity contribution in [2.24, 2.45) is 23.5 Å². The minimum absolute atomic E-state index is 0.107. The number of aliphatic hydroxyl groups is 1. The van der Waals surface area contributed by atoms with Crippen LogP contribution in [0.3, 0.4) is 0 Å². The van der Waals surface area contributed by atoms with Crippen LogP contribution in [0.25, 0.3) is 0 Å².